The molecule has 28 heavy (non-hydrogen) atoms. The fourth-order valence-corrected chi connectivity index (χ4v) is 2.87. The Kier molecular flexibility index (Phi) is 4.55. The minimum atomic E-state index is -0.545. The van der Waals surface area contributed by atoms with Gasteiger partial charge in [0, 0.05) is 11.1 Å². The number of nitro groups is 1. The summed E-state index contributed by atoms with van der Waals surface area (Å²) in [6.07, 6.45) is 1.24. The molecular formula is C21H16N4O3. The molecule has 0 atom stereocenters. The quantitative estimate of drug-likeness (QED) is 0.373. The van der Waals surface area contributed by atoms with Gasteiger partial charge in [-0.25, -0.2) is 4.98 Å². The summed E-state index contributed by atoms with van der Waals surface area (Å²) in [5, 5.41) is 16.7. The molecule has 0 unspecified atom stereocenters. The summed E-state index contributed by atoms with van der Waals surface area (Å²) in [7, 11) is 0. The van der Waals surface area contributed by atoms with E-state index in [1.54, 1.807) is 12.1 Å². The predicted molar refractivity (Wildman–Crippen MR) is 107 cm³/mol. The van der Waals surface area contributed by atoms with Crippen molar-refractivity contribution in [2.45, 2.75) is 6.92 Å². The highest BCUT2D eigenvalue weighted by atomic mass is 16.6. The summed E-state index contributed by atoms with van der Waals surface area (Å²) in [4.78, 5) is 19.2. The summed E-state index contributed by atoms with van der Waals surface area (Å²) in [5.41, 5.74) is 1.44. The van der Waals surface area contributed by atoms with E-state index in [4.69, 9.17) is 4.74 Å². The maximum Gasteiger partial charge on any atom is 0.373 e. The average Bonchev–Trinajstić information content (AvgIpc) is 2.70. The first-order valence-corrected chi connectivity index (χ1v) is 8.60. The fourth-order valence-electron chi connectivity index (χ4n) is 2.87. The number of ether oxygens (including phenoxy) is 1. The van der Waals surface area contributed by atoms with Crippen molar-refractivity contribution in [1.29, 1.82) is 0 Å². The molecule has 0 saturated heterocycles. The Balaban J connectivity index is 1.74. The van der Waals surface area contributed by atoms with Crippen LogP contribution in [0.5, 0.6) is 11.6 Å². The third-order valence-corrected chi connectivity index (χ3v) is 4.25. The second kappa shape index (κ2) is 7.32. The summed E-state index contributed by atoms with van der Waals surface area (Å²) in [5.74, 6) is 0.411. The normalized spacial score (nSPS) is 10.6. The molecule has 1 aromatic heterocycles. The van der Waals surface area contributed by atoms with Crippen molar-refractivity contribution in [3.05, 3.63) is 88.7 Å². The first kappa shape index (κ1) is 17.4. The van der Waals surface area contributed by atoms with Gasteiger partial charge in [0.05, 0.1) is 4.92 Å². The van der Waals surface area contributed by atoms with E-state index in [2.05, 4.69) is 15.3 Å². The molecule has 4 rings (SSSR count). The van der Waals surface area contributed by atoms with E-state index in [-0.39, 0.29) is 17.4 Å². The first-order valence-electron chi connectivity index (χ1n) is 8.60. The molecule has 0 fully saturated rings. The number of anilines is 2. The topological polar surface area (TPSA) is 90.2 Å². The van der Waals surface area contributed by atoms with Crippen LogP contribution < -0.4 is 10.1 Å². The van der Waals surface area contributed by atoms with E-state index in [0.29, 0.717) is 11.4 Å². The monoisotopic (exact) mass is 372 g/mol. The first-order chi connectivity index (χ1) is 13.6. The molecule has 0 radical (unpaired) electrons. The molecule has 0 spiro atoms. The lowest BCUT2D eigenvalue weighted by Crippen LogP contribution is -2.03. The number of nitrogens with one attached hydrogen (secondary N) is 1. The number of hydrogen-bond acceptors (Lipinski definition) is 6. The van der Waals surface area contributed by atoms with Gasteiger partial charge in [-0.2, -0.15) is 4.98 Å². The molecule has 7 nitrogen and oxygen atoms in total. The van der Waals surface area contributed by atoms with E-state index in [0.717, 1.165) is 16.3 Å². The number of hydrogen-bond donors (Lipinski definition) is 1. The van der Waals surface area contributed by atoms with E-state index in [1.165, 1.54) is 6.33 Å². The van der Waals surface area contributed by atoms with Crippen LogP contribution in [0.1, 0.15) is 5.56 Å². The van der Waals surface area contributed by atoms with Crippen LogP contribution >= 0.6 is 0 Å². The van der Waals surface area contributed by atoms with E-state index < -0.39 is 4.92 Å². The molecule has 7 heteroatoms. The molecule has 0 bridgehead atoms. The zero-order chi connectivity index (χ0) is 19.5. The van der Waals surface area contributed by atoms with Gasteiger partial charge in [0.1, 0.15) is 12.1 Å². The highest BCUT2D eigenvalue weighted by Gasteiger charge is 2.25. The SMILES string of the molecule is Cc1ccc(Oc2ncnc(Nc3cccc4ccccc34)c2[N+](=O)[O-])cc1. The summed E-state index contributed by atoms with van der Waals surface area (Å²) in [6, 6.07) is 20.6. The van der Waals surface area contributed by atoms with Gasteiger partial charge in [-0.15, -0.1) is 0 Å². The smallest absolute Gasteiger partial charge is 0.373 e. The number of fused-ring (bicyclic) bond motifs is 1. The zero-order valence-corrected chi connectivity index (χ0v) is 15.0. The molecule has 4 aromatic rings. The van der Waals surface area contributed by atoms with Gasteiger partial charge in [-0.3, -0.25) is 10.1 Å². The molecule has 0 aliphatic heterocycles. The van der Waals surface area contributed by atoms with Crippen molar-refractivity contribution in [3.8, 4) is 11.6 Å². The molecule has 0 aliphatic rings. The predicted octanol–water partition coefficient (Wildman–Crippen LogP) is 5.38. The lowest BCUT2D eigenvalue weighted by atomic mass is 10.1. The molecule has 1 N–H and O–H groups in total. The van der Waals surface area contributed by atoms with Crippen molar-refractivity contribution in [3.63, 3.8) is 0 Å². The maximum absolute atomic E-state index is 11.7. The largest absolute Gasteiger partial charge is 0.434 e. The van der Waals surface area contributed by atoms with Gasteiger partial charge >= 0.3 is 11.6 Å². The van der Waals surface area contributed by atoms with Crippen LogP contribution in [0.2, 0.25) is 0 Å². The standard InChI is InChI=1S/C21H16N4O3/c1-14-9-11-16(12-10-14)28-21-19(25(26)27)20(22-13-23-21)24-18-8-4-6-15-5-2-3-7-17(15)18/h2-13H,1H3,(H,22,23,24). The molecule has 3 aromatic carbocycles. The molecular weight excluding hydrogens is 356 g/mol. The van der Waals surface area contributed by atoms with E-state index in [9.17, 15) is 10.1 Å². The number of rotatable bonds is 5. The number of aromatic nitrogens is 2. The molecule has 1 heterocycles. The van der Waals surface area contributed by atoms with Crippen molar-refractivity contribution < 1.29 is 9.66 Å². The third-order valence-electron chi connectivity index (χ3n) is 4.25. The van der Waals surface area contributed by atoms with Crippen molar-refractivity contribution >= 4 is 28.0 Å². The Bertz CT molecular complexity index is 1150. The minimum Gasteiger partial charge on any atom is -0.434 e. The number of benzene rings is 3. The van der Waals surface area contributed by atoms with Gasteiger partial charge in [0.2, 0.25) is 5.82 Å². The van der Waals surface area contributed by atoms with Crippen LogP contribution in [0.15, 0.2) is 73.1 Å². The summed E-state index contributed by atoms with van der Waals surface area (Å²) >= 11 is 0. The van der Waals surface area contributed by atoms with Crippen LogP contribution in [0.3, 0.4) is 0 Å². The zero-order valence-electron chi connectivity index (χ0n) is 15.0. The Morgan fingerprint density at radius 3 is 2.50 bits per heavy atom. The van der Waals surface area contributed by atoms with Crippen LogP contribution in [0.4, 0.5) is 17.2 Å². The number of aryl methyl sites for hydroxylation is 1. The van der Waals surface area contributed by atoms with E-state index >= 15 is 0 Å². The second-order valence-electron chi connectivity index (χ2n) is 6.20. The Morgan fingerprint density at radius 2 is 1.71 bits per heavy atom. The van der Waals surface area contributed by atoms with Gasteiger partial charge < -0.3 is 10.1 Å². The lowest BCUT2D eigenvalue weighted by Gasteiger charge is -2.11. The molecule has 0 amide bonds. The van der Waals surface area contributed by atoms with Gasteiger partial charge in [-0.05, 0) is 30.5 Å². The fraction of sp³-hybridized carbons (Fsp3) is 0.0476. The minimum absolute atomic E-state index is 0.0680. The second-order valence-corrected chi connectivity index (χ2v) is 6.20. The highest BCUT2D eigenvalue weighted by molar-refractivity contribution is 5.95. The van der Waals surface area contributed by atoms with Crippen molar-refractivity contribution in [2.75, 3.05) is 5.32 Å². The molecule has 0 saturated carbocycles. The summed E-state index contributed by atoms with van der Waals surface area (Å²) in [6.45, 7) is 1.95. The Hall–Kier alpha value is -4.00. The van der Waals surface area contributed by atoms with E-state index in [1.807, 2.05) is 61.5 Å². The van der Waals surface area contributed by atoms with Crippen LogP contribution in [-0.2, 0) is 0 Å². The average molecular weight is 372 g/mol. The van der Waals surface area contributed by atoms with Crippen LogP contribution in [0.25, 0.3) is 10.8 Å². The van der Waals surface area contributed by atoms with Crippen molar-refractivity contribution in [1.82, 2.24) is 9.97 Å². The highest BCUT2D eigenvalue weighted by Crippen LogP contribution is 2.36. The Morgan fingerprint density at radius 1 is 0.964 bits per heavy atom. The van der Waals surface area contributed by atoms with Gasteiger partial charge in [0.15, 0.2) is 0 Å². The lowest BCUT2D eigenvalue weighted by molar-refractivity contribution is -0.385. The van der Waals surface area contributed by atoms with Crippen LogP contribution in [0, 0.1) is 17.0 Å². The Labute approximate surface area is 160 Å². The van der Waals surface area contributed by atoms with Gasteiger partial charge in [0.25, 0.3) is 0 Å². The summed E-state index contributed by atoms with van der Waals surface area (Å²) < 4.78 is 5.66. The molecule has 138 valence electrons. The number of nitrogens with zero attached hydrogens (tertiary/aromatic N) is 3. The van der Waals surface area contributed by atoms with Crippen molar-refractivity contribution in [2.24, 2.45) is 0 Å². The van der Waals surface area contributed by atoms with Gasteiger partial charge in [-0.1, -0.05) is 54.1 Å². The molecule has 0 aliphatic carbocycles. The maximum atomic E-state index is 11.7. The van der Waals surface area contributed by atoms with Crippen LogP contribution in [-0.4, -0.2) is 14.9 Å². The third kappa shape index (κ3) is 3.45.